The summed E-state index contributed by atoms with van der Waals surface area (Å²) in [6, 6.07) is 5.53. The van der Waals surface area contributed by atoms with Crippen molar-refractivity contribution in [2.75, 3.05) is 0 Å². The molecule has 1 heterocycles. The molecule has 0 bridgehead atoms. The maximum absolute atomic E-state index is 11.3. The standard InChI is InChI=1S/C12H17N3O/c1-2-3-4-8-12(16)15-14-10-11-7-5-6-9-13-11/h5-7,9-10H,2-4,8H2,1H3,(H,15,16). The molecule has 0 unspecified atom stereocenters. The Morgan fingerprint density at radius 1 is 1.50 bits per heavy atom. The van der Waals surface area contributed by atoms with Gasteiger partial charge >= 0.3 is 0 Å². The molecular formula is C12H17N3O. The summed E-state index contributed by atoms with van der Waals surface area (Å²) in [5, 5.41) is 3.83. The maximum atomic E-state index is 11.3. The Labute approximate surface area is 95.8 Å². The Morgan fingerprint density at radius 2 is 2.38 bits per heavy atom. The van der Waals surface area contributed by atoms with Gasteiger partial charge in [0, 0.05) is 12.6 Å². The molecule has 0 radical (unpaired) electrons. The first-order chi connectivity index (χ1) is 7.83. The summed E-state index contributed by atoms with van der Waals surface area (Å²) in [5.41, 5.74) is 3.21. The molecule has 1 amide bonds. The van der Waals surface area contributed by atoms with Gasteiger partial charge in [-0.1, -0.05) is 25.8 Å². The minimum absolute atomic E-state index is 0.0411. The lowest BCUT2D eigenvalue weighted by molar-refractivity contribution is -0.121. The van der Waals surface area contributed by atoms with Gasteiger partial charge in [0.1, 0.15) is 0 Å². The number of hydrazone groups is 1. The van der Waals surface area contributed by atoms with Crippen LogP contribution in [0.4, 0.5) is 0 Å². The number of pyridine rings is 1. The molecule has 4 heteroatoms. The van der Waals surface area contributed by atoms with Crippen LogP contribution in [0, 0.1) is 0 Å². The summed E-state index contributed by atoms with van der Waals surface area (Å²) in [6.45, 7) is 2.11. The van der Waals surface area contributed by atoms with E-state index < -0.39 is 0 Å². The highest BCUT2D eigenvalue weighted by molar-refractivity contribution is 5.80. The van der Waals surface area contributed by atoms with Gasteiger partial charge in [-0.15, -0.1) is 0 Å². The van der Waals surface area contributed by atoms with Crippen molar-refractivity contribution in [3.63, 3.8) is 0 Å². The molecule has 1 N–H and O–H groups in total. The summed E-state index contributed by atoms with van der Waals surface area (Å²) >= 11 is 0. The zero-order valence-electron chi connectivity index (χ0n) is 9.52. The van der Waals surface area contributed by atoms with E-state index in [1.54, 1.807) is 6.20 Å². The molecule has 0 saturated carbocycles. The second-order valence-corrected chi connectivity index (χ2v) is 3.50. The fourth-order valence-corrected chi connectivity index (χ4v) is 1.21. The first-order valence-electron chi connectivity index (χ1n) is 5.56. The van der Waals surface area contributed by atoms with Gasteiger partial charge < -0.3 is 0 Å². The van der Waals surface area contributed by atoms with Gasteiger partial charge in [0.15, 0.2) is 0 Å². The average molecular weight is 219 g/mol. The van der Waals surface area contributed by atoms with Crippen LogP contribution < -0.4 is 5.43 Å². The lowest BCUT2D eigenvalue weighted by Gasteiger charge is -1.98. The van der Waals surface area contributed by atoms with E-state index in [0.717, 1.165) is 25.0 Å². The molecule has 1 aromatic rings. The molecular weight excluding hydrogens is 202 g/mol. The summed E-state index contributed by atoms with van der Waals surface area (Å²) in [6.07, 6.45) is 6.87. The Morgan fingerprint density at radius 3 is 3.06 bits per heavy atom. The predicted molar refractivity (Wildman–Crippen MR) is 64.1 cm³/mol. The molecule has 0 spiro atoms. The third-order valence-corrected chi connectivity index (χ3v) is 2.08. The van der Waals surface area contributed by atoms with Crippen molar-refractivity contribution < 1.29 is 4.79 Å². The number of amides is 1. The number of hydrogen-bond donors (Lipinski definition) is 1. The summed E-state index contributed by atoms with van der Waals surface area (Å²) in [7, 11) is 0. The number of carbonyl (C=O) groups is 1. The fourth-order valence-electron chi connectivity index (χ4n) is 1.21. The van der Waals surface area contributed by atoms with Crippen molar-refractivity contribution in [2.24, 2.45) is 5.10 Å². The third kappa shape index (κ3) is 5.24. The van der Waals surface area contributed by atoms with Crippen LogP contribution in [0.15, 0.2) is 29.5 Å². The molecule has 0 aromatic carbocycles. The van der Waals surface area contributed by atoms with Crippen molar-refractivity contribution >= 4 is 12.1 Å². The van der Waals surface area contributed by atoms with Crippen LogP contribution in [-0.4, -0.2) is 17.1 Å². The first-order valence-corrected chi connectivity index (χ1v) is 5.56. The van der Waals surface area contributed by atoms with E-state index in [4.69, 9.17) is 0 Å². The zero-order chi connectivity index (χ0) is 11.6. The Kier molecular flexibility index (Phi) is 5.84. The van der Waals surface area contributed by atoms with E-state index in [1.165, 1.54) is 6.21 Å². The van der Waals surface area contributed by atoms with Gasteiger partial charge in [0.05, 0.1) is 11.9 Å². The Balaban J connectivity index is 2.24. The highest BCUT2D eigenvalue weighted by atomic mass is 16.2. The zero-order valence-corrected chi connectivity index (χ0v) is 9.52. The van der Waals surface area contributed by atoms with Crippen LogP contribution in [0.5, 0.6) is 0 Å². The van der Waals surface area contributed by atoms with Crippen molar-refractivity contribution in [3.05, 3.63) is 30.1 Å². The number of nitrogens with one attached hydrogen (secondary N) is 1. The Bertz CT molecular complexity index is 335. The van der Waals surface area contributed by atoms with E-state index in [-0.39, 0.29) is 5.91 Å². The third-order valence-electron chi connectivity index (χ3n) is 2.08. The lowest BCUT2D eigenvalue weighted by atomic mass is 10.2. The highest BCUT2D eigenvalue weighted by Crippen LogP contribution is 1.98. The van der Waals surface area contributed by atoms with Crippen molar-refractivity contribution in [2.45, 2.75) is 32.6 Å². The van der Waals surface area contributed by atoms with E-state index in [9.17, 15) is 4.79 Å². The smallest absolute Gasteiger partial charge is 0.240 e. The first kappa shape index (κ1) is 12.4. The molecule has 1 rings (SSSR count). The topological polar surface area (TPSA) is 54.4 Å². The maximum Gasteiger partial charge on any atom is 0.240 e. The average Bonchev–Trinajstić information content (AvgIpc) is 2.31. The summed E-state index contributed by atoms with van der Waals surface area (Å²) in [5.74, 6) is -0.0411. The molecule has 0 atom stereocenters. The highest BCUT2D eigenvalue weighted by Gasteiger charge is 1.97. The second kappa shape index (κ2) is 7.56. The molecule has 86 valence electrons. The molecule has 0 fully saturated rings. The molecule has 1 aromatic heterocycles. The van der Waals surface area contributed by atoms with Crippen LogP contribution in [0.25, 0.3) is 0 Å². The number of hydrogen-bond acceptors (Lipinski definition) is 3. The molecule has 0 aliphatic carbocycles. The van der Waals surface area contributed by atoms with Gasteiger partial charge in [0.25, 0.3) is 0 Å². The summed E-state index contributed by atoms with van der Waals surface area (Å²) in [4.78, 5) is 15.3. The lowest BCUT2D eigenvalue weighted by Crippen LogP contribution is -2.16. The largest absolute Gasteiger partial charge is 0.273 e. The van der Waals surface area contributed by atoms with Crippen LogP contribution in [0.1, 0.15) is 38.3 Å². The van der Waals surface area contributed by atoms with E-state index >= 15 is 0 Å². The van der Waals surface area contributed by atoms with Gasteiger partial charge in [-0.2, -0.15) is 5.10 Å². The van der Waals surface area contributed by atoms with Gasteiger partial charge in [0.2, 0.25) is 5.91 Å². The van der Waals surface area contributed by atoms with E-state index in [1.807, 2.05) is 18.2 Å². The van der Waals surface area contributed by atoms with Crippen molar-refractivity contribution in [3.8, 4) is 0 Å². The van der Waals surface area contributed by atoms with Crippen LogP contribution in [0.2, 0.25) is 0 Å². The van der Waals surface area contributed by atoms with Gasteiger partial charge in [-0.3, -0.25) is 9.78 Å². The molecule has 0 aliphatic heterocycles. The molecule has 16 heavy (non-hydrogen) atoms. The number of unbranched alkanes of at least 4 members (excludes halogenated alkanes) is 2. The quantitative estimate of drug-likeness (QED) is 0.452. The SMILES string of the molecule is CCCCCC(=O)NN=Cc1ccccn1. The summed E-state index contributed by atoms with van der Waals surface area (Å²) < 4.78 is 0. The van der Waals surface area contributed by atoms with Crippen molar-refractivity contribution in [1.82, 2.24) is 10.4 Å². The fraction of sp³-hybridized carbons (Fsp3) is 0.417. The van der Waals surface area contributed by atoms with Crippen LogP contribution >= 0.6 is 0 Å². The van der Waals surface area contributed by atoms with Crippen LogP contribution in [-0.2, 0) is 4.79 Å². The van der Waals surface area contributed by atoms with Crippen molar-refractivity contribution in [1.29, 1.82) is 0 Å². The number of nitrogens with zero attached hydrogens (tertiary/aromatic N) is 2. The minimum atomic E-state index is -0.0411. The normalized spacial score (nSPS) is 10.6. The van der Waals surface area contributed by atoms with Crippen LogP contribution in [0.3, 0.4) is 0 Å². The Hall–Kier alpha value is -1.71. The van der Waals surface area contributed by atoms with Gasteiger partial charge in [-0.25, -0.2) is 5.43 Å². The second-order valence-electron chi connectivity index (χ2n) is 3.50. The van der Waals surface area contributed by atoms with E-state index in [0.29, 0.717) is 6.42 Å². The molecule has 0 saturated heterocycles. The molecule has 0 aliphatic rings. The number of rotatable bonds is 6. The monoisotopic (exact) mass is 219 g/mol. The number of carbonyl (C=O) groups excluding carboxylic acids is 1. The van der Waals surface area contributed by atoms with Gasteiger partial charge in [-0.05, 0) is 18.6 Å². The minimum Gasteiger partial charge on any atom is -0.273 e. The number of aromatic nitrogens is 1. The molecule has 4 nitrogen and oxygen atoms in total. The predicted octanol–water partition coefficient (Wildman–Crippen LogP) is 2.11. The van der Waals surface area contributed by atoms with E-state index in [2.05, 4.69) is 22.4 Å².